The van der Waals surface area contributed by atoms with Gasteiger partial charge in [0.05, 0.1) is 23.2 Å². The molecular formula is C15H16F3NO3S. The molecule has 0 radical (unpaired) electrons. The van der Waals surface area contributed by atoms with E-state index in [1.165, 1.54) is 7.11 Å². The summed E-state index contributed by atoms with van der Waals surface area (Å²) in [5, 5.41) is -1.15. The first-order valence-electron chi connectivity index (χ1n) is 7.28. The average Bonchev–Trinajstić information content (AvgIpc) is 2.44. The maximum absolute atomic E-state index is 12.9. The van der Waals surface area contributed by atoms with Gasteiger partial charge in [0.2, 0.25) is 5.88 Å². The summed E-state index contributed by atoms with van der Waals surface area (Å²) < 4.78 is 68.4. The molecule has 0 saturated carbocycles. The van der Waals surface area contributed by atoms with Gasteiger partial charge >= 0.3 is 6.18 Å². The van der Waals surface area contributed by atoms with Crippen molar-refractivity contribution >= 4 is 15.4 Å². The molecule has 0 aromatic carbocycles. The Balaban J connectivity index is 2.09. The van der Waals surface area contributed by atoms with Crippen LogP contribution in [0.15, 0.2) is 18.3 Å². The lowest BCUT2D eigenvalue weighted by atomic mass is 9.93. The zero-order valence-corrected chi connectivity index (χ0v) is 13.2. The average molecular weight is 347 g/mol. The summed E-state index contributed by atoms with van der Waals surface area (Å²) in [5.41, 5.74) is -0.0631. The number of ether oxygens (including phenoxy) is 1. The van der Waals surface area contributed by atoms with Gasteiger partial charge in [-0.25, -0.2) is 13.4 Å². The van der Waals surface area contributed by atoms with E-state index in [0.29, 0.717) is 18.4 Å². The predicted octanol–water partition coefficient (Wildman–Crippen LogP) is 3.23. The summed E-state index contributed by atoms with van der Waals surface area (Å²) in [6, 6.07) is 0.991. The first-order valence-corrected chi connectivity index (χ1v) is 8.89. The molecule has 0 spiro atoms. The fourth-order valence-corrected chi connectivity index (χ4v) is 5.51. The van der Waals surface area contributed by atoms with Crippen molar-refractivity contribution in [2.45, 2.75) is 42.4 Å². The number of hydrogen-bond acceptors (Lipinski definition) is 4. The summed E-state index contributed by atoms with van der Waals surface area (Å²) in [4.78, 5) is 3.74. The zero-order valence-electron chi connectivity index (χ0n) is 12.4. The summed E-state index contributed by atoms with van der Waals surface area (Å²) in [6.45, 7) is 0. The van der Waals surface area contributed by atoms with Crippen LogP contribution in [-0.4, -0.2) is 31.0 Å². The van der Waals surface area contributed by atoms with Crippen LogP contribution in [0.3, 0.4) is 0 Å². The Morgan fingerprint density at radius 1 is 1.30 bits per heavy atom. The van der Waals surface area contributed by atoms with Crippen LogP contribution in [0.1, 0.15) is 36.8 Å². The number of nitrogens with zero attached hydrogens (tertiary/aromatic N) is 1. The van der Waals surface area contributed by atoms with E-state index >= 15 is 0 Å². The number of rotatable bonds is 2. The van der Waals surface area contributed by atoms with Crippen LogP contribution in [0.5, 0.6) is 5.88 Å². The van der Waals surface area contributed by atoms with E-state index in [0.717, 1.165) is 18.7 Å². The van der Waals surface area contributed by atoms with Gasteiger partial charge in [0.15, 0.2) is 9.84 Å². The van der Waals surface area contributed by atoms with Gasteiger partial charge in [-0.2, -0.15) is 13.2 Å². The molecule has 126 valence electrons. The van der Waals surface area contributed by atoms with Crippen LogP contribution in [0.4, 0.5) is 13.2 Å². The molecular weight excluding hydrogens is 331 g/mol. The van der Waals surface area contributed by atoms with E-state index in [-0.39, 0.29) is 17.9 Å². The lowest BCUT2D eigenvalue weighted by molar-refractivity contribution is -0.137. The molecule has 1 aromatic heterocycles. The number of allylic oxidation sites excluding steroid dienone is 1. The molecule has 23 heavy (non-hydrogen) atoms. The monoisotopic (exact) mass is 347 g/mol. The summed E-state index contributed by atoms with van der Waals surface area (Å²) in [7, 11) is -1.89. The number of halogens is 3. The Morgan fingerprint density at radius 3 is 2.65 bits per heavy atom. The first-order chi connectivity index (χ1) is 10.7. The second-order valence-electron chi connectivity index (χ2n) is 5.86. The molecule has 8 heteroatoms. The van der Waals surface area contributed by atoms with Crippen LogP contribution in [0, 0.1) is 0 Å². The Labute approximate surface area is 132 Å². The number of fused-ring (bicyclic) bond motifs is 2. The maximum atomic E-state index is 12.9. The molecule has 2 atom stereocenters. The molecule has 4 nitrogen and oxygen atoms in total. The van der Waals surface area contributed by atoms with Gasteiger partial charge in [0.25, 0.3) is 0 Å². The largest absolute Gasteiger partial charge is 0.481 e. The minimum atomic E-state index is -4.51. The molecule has 1 saturated heterocycles. The lowest BCUT2D eigenvalue weighted by Crippen LogP contribution is -2.38. The summed E-state index contributed by atoms with van der Waals surface area (Å²) >= 11 is 0. The highest BCUT2D eigenvalue weighted by Crippen LogP contribution is 2.42. The fourth-order valence-electron chi connectivity index (χ4n) is 3.26. The third kappa shape index (κ3) is 2.84. The highest BCUT2D eigenvalue weighted by atomic mass is 32.2. The number of pyridine rings is 1. The van der Waals surface area contributed by atoms with Crippen LogP contribution in [0.25, 0.3) is 5.57 Å². The second-order valence-corrected chi connectivity index (χ2v) is 8.31. The number of hydrogen-bond donors (Lipinski definition) is 0. The third-order valence-corrected chi connectivity index (χ3v) is 7.00. The Bertz CT molecular complexity index is 756. The molecule has 2 bridgehead atoms. The van der Waals surface area contributed by atoms with Crippen molar-refractivity contribution in [2.24, 2.45) is 0 Å². The van der Waals surface area contributed by atoms with Gasteiger partial charge in [-0.3, -0.25) is 0 Å². The number of methoxy groups -OCH3 is 1. The van der Waals surface area contributed by atoms with Crippen LogP contribution < -0.4 is 4.74 Å². The van der Waals surface area contributed by atoms with Crippen molar-refractivity contribution < 1.29 is 26.3 Å². The van der Waals surface area contributed by atoms with Gasteiger partial charge in [-0.1, -0.05) is 12.5 Å². The number of aromatic nitrogens is 1. The van der Waals surface area contributed by atoms with E-state index < -0.39 is 32.1 Å². The van der Waals surface area contributed by atoms with E-state index in [1.54, 1.807) is 6.08 Å². The number of alkyl halides is 3. The molecule has 0 aliphatic carbocycles. The molecule has 2 unspecified atom stereocenters. The smallest absolute Gasteiger partial charge is 0.417 e. The quantitative estimate of drug-likeness (QED) is 0.824. The molecule has 2 aliphatic heterocycles. The minimum absolute atomic E-state index is 0.0848. The summed E-state index contributed by atoms with van der Waals surface area (Å²) in [6.07, 6.45) is -0.129. The molecule has 1 aromatic rings. The topological polar surface area (TPSA) is 56.3 Å². The van der Waals surface area contributed by atoms with E-state index in [9.17, 15) is 21.6 Å². The van der Waals surface area contributed by atoms with Crippen LogP contribution in [-0.2, 0) is 16.0 Å². The van der Waals surface area contributed by atoms with Gasteiger partial charge < -0.3 is 4.74 Å². The Morgan fingerprint density at radius 2 is 2.04 bits per heavy atom. The Hall–Kier alpha value is -1.57. The maximum Gasteiger partial charge on any atom is 0.417 e. The fraction of sp³-hybridized carbons (Fsp3) is 0.533. The van der Waals surface area contributed by atoms with Gasteiger partial charge in [-0.15, -0.1) is 0 Å². The number of sulfone groups is 1. The normalized spacial score (nSPS) is 26.5. The molecule has 1 fully saturated rings. The van der Waals surface area contributed by atoms with Gasteiger partial charge in [0.1, 0.15) is 0 Å². The Kier molecular flexibility index (Phi) is 3.90. The molecule has 3 heterocycles. The van der Waals surface area contributed by atoms with Crippen molar-refractivity contribution in [2.75, 3.05) is 7.11 Å². The van der Waals surface area contributed by atoms with Crippen molar-refractivity contribution in [1.82, 2.24) is 4.98 Å². The van der Waals surface area contributed by atoms with E-state index in [4.69, 9.17) is 4.74 Å². The zero-order chi connectivity index (χ0) is 16.8. The standard InChI is InChI=1S/C15H16F3NO3S/c1-22-14-13(7-10(8-19-14)15(16,17)18)9-5-11-3-2-4-12(6-9)23(11,20)21/h5,7-8,11-12H,2-4,6H2,1H3. The minimum Gasteiger partial charge on any atom is -0.481 e. The first kappa shape index (κ1) is 16.3. The van der Waals surface area contributed by atoms with Crippen molar-refractivity contribution in [3.8, 4) is 5.88 Å². The summed E-state index contributed by atoms with van der Waals surface area (Å²) in [5.74, 6) is 0.0848. The van der Waals surface area contributed by atoms with E-state index in [2.05, 4.69) is 4.98 Å². The third-order valence-electron chi connectivity index (χ3n) is 4.45. The molecule has 2 aliphatic rings. The van der Waals surface area contributed by atoms with Gasteiger partial charge in [0, 0.05) is 11.8 Å². The van der Waals surface area contributed by atoms with E-state index in [1.807, 2.05) is 0 Å². The predicted molar refractivity (Wildman–Crippen MR) is 78.7 cm³/mol. The van der Waals surface area contributed by atoms with Gasteiger partial charge in [-0.05, 0) is 30.9 Å². The highest BCUT2D eigenvalue weighted by Gasteiger charge is 2.41. The molecule has 3 rings (SSSR count). The second kappa shape index (κ2) is 5.51. The van der Waals surface area contributed by atoms with Crippen molar-refractivity contribution in [3.63, 3.8) is 0 Å². The SMILES string of the molecule is COc1ncc(C(F)(F)F)cc1C1=CC2CCCC(C1)S2(=O)=O. The van der Waals surface area contributed by atoms with Crippen molar-refractivity contribution in [1.29, 1.82) is 0 Å². The lowest BCUT2D eigenvalue weighted by Gasteiger charge is -2.33. The molecule has 0 N–H and O–H groups in total. The highest BCUT2D eigenvalue weighted by molar-refractivity contribution is 7.93. The molecule has 0 amide bonds. The van der Waals surface area contributed by atoms with Crippen LogP contribution >= 0.6 is 0 Å². The van der Waals surface area contributed by atoms with Crippen molar-refractivity contribution in [3.05, 3.63) is 29.5 Å². The van der Waals surface area contributed by atoms with Crippen LogP contribution in [0.2, 0.25) is 0 Å².